The number of piperazine rings is 1. The number of hydrogen-bond acceptors (Lipinski definition) is 6. The third-order valence-corrected chi connectivity index (χ3v) is 3.78. The lowest BCUT2D eigenvalue weighted by atomic mass is 10.4. The molecule has 0 unspecified atom stereocenters. The van der Waals surface area contributed by atoms with E-state index in [-0.39, 0.29) is 18.3 Å². The summed E-state index contributed by atoms with van der Waals surface area (Å²) in [5.41, 5.74) is 2.76. The number of hydrazine groups is 1. The molecule has 0 aliphatic carbocycles. The first-order valence-corrected chi connectivity index (χ1v) is 7.08. The van der Waals surface area contributed by atoms with E-state index in [1.165, 1.54) is 16.7 Å². The lowest BCUT2D eigenvalue weighted by Gasteiger charge is -2.32. The van der Waals surface area contributed by atoms with Gasteiger partial charge in [-0.3, -0.25) is 5.43 Å². The van der Waals surface area contributed by atoms with E-state index in [1.54, 1.807) is 0 Å². The molecule has 8 nitrogen and oxygen atoms in total. The third kappa shape index (κ3) is 4.15. The number of nitrogens with one attached hydrogen (secondary N) is 2. The van der Waals surface area contributed by atoms with E-state index < -0.39 is 5.97 Å². The highest BCUT2D eigenvalue weighted by Gasteiger charge is 2.15. The summed E-state index contributed by atoms with van der Waals surface area (Å²) in [6, 6.07) is -0.304. The number of aromatic nitrogens is 1. The molecule has 1 aromatic heterocycles. The topological polar surface area (TPSA) is 97.8 Å². The van der Waals surface area contributed by atoms with Gasteiger partial charge in [0.05, 0.1) is 6.54 Å². The van der Waals surface area contributed by atoms with Gasteiger partial charge in [-0.1, -0.05) is 0 Å². The Morgan fingerprint density at radius 3 is 2.70 bits per heavy atom. The first-order valence-electron chi connectivity index (χ1n) is 6.20. The number of thiazole rings is 1. The number of rotatable bonds is 4. The second-order valence-electron chi connectivity index (χ2n) is 4.52. The van der Waals surface area contributed by atoms with Crippen molar-refractivity contribution in [3.8, 4) is 0 Å². The van der Waals surface area contributed by atoms with Gasteiger partial charge >= 0.3 is 12.0 Å². The van der Waals surface area contributed by atoms with Gasteiger partial charge < -0.3 is 15.3 Å². The summed E-state index contributed by atoms with van der Waals surface area (Å²) in [4.78, 5) is 28.5. The summed E-state index contributed by atoms with van der Waals surface area (Å²) < 4.78 is 0. The fraction of sp³-hybridized carbons (Fsp3) is 0.545. The number of nitrogens with zero attached hydrogens (tertiary/aromatic N) is 3. The fourth-order valence-corrected chi connectivity index (χ4v) is 2.46. The molecule has 0 aromatic carbocycles. The van der Waals surface area contributed by atoms with Crippen LogP contribution in [0, 0.1) is 0 Å². The van der Waals surface area contributed by atoms with Gasteiger partial charge in [0.15, 0.2) is 5.69 Å². The zero-order valence-corrected chi connectivity index (χ0v) is 11.9. The summed E-state index contributed by atoms with van der Waals surface area (Å²) in [5, 5.41) is 15.3. The van der Waals surface area contributed by atoms with Crippen LogP contribution in [0.15, 0.2) is 5.38 Å². The van der Waals surface area contributed by atoms with Gasteiger partial charge in [0.25, 0.3) is 0 Å². The SMILES string of the molecule is CN1CCN(NC(=O)NCc2nc(C(=O)O)cs2)CC1. The van der Waals surface area contributed by atoms with E-state index in [4.69, 9.17) is 5.11 Å². The second kappa shape index (κ2) is 6.64. The Morgan fingerprint density at radius 2 is 2.10 bits per heavy atom. The minimum absolute atomic E-state index is 0.00581. The van der Waals surface area contributed by atoms with Gasteiger partial charge in [0, 0.05) is 31.6 Å². The molecule has 1 saturated heterocycles. The second-order valence-corrected chi connectivity index (χ2v) is 5.46. The predicted octanol–water partition coefficient (Wildman–Crippen LogP) is -0.197. The van der Waals surface area contributed by atoms with Crippen LogP contribution in [0.2, 0.25) is 0 Å². The van der Waals surface area contributed by atoms with E-state index in [0.29, 0.717) is 5.01 Å². The van der Waals surface area contributed by atoms with Crippen molar-refractivity contribution < 1.29 is 14.7 Å². The highest BCUT2D eigenvalue weighted by molar-refractivity contribution is 7.09. The van der Waals surface area contributed by atoms with Gasteiger partial charge in [-0.2, -0.15) is 0 Å². The molecule has 1 aromatic rings. The zero-order valence-electron chi connectivity index (χ0n) is 11.1. The van der Waals surface area contributed by atoms with Crippen molar-refractivity contribution in [3.63, 3.8) is 0 Å². The lowest BCUT2D eigenvalue weighted by Crippen LogP contribution is -2.54. The van der Waals surface area contributed by atoms with Crippen LogP contribution in [0.25, 0.3) is 0 Å². The summed E-state index contributed by atoms with van der Waals surface area (Å²) in [6.45, 7) is 3.61. The van der Waals surface area contributed by atoms with Crippen LogP contribution in [-0.4, -0.2) is 65.2 Å². The number of hydrogen-bond donors (Lipinski definition) is 3. The van der Waals surface area contributed by atoms with Crippen LogP contribution >= 0.6 is 11.3 Å². The van der Waals surface area contributed by atoms with Crippen LogP contribution in [0.3, 0.4) is 0 Å². The molecule has 0 saturated carbocycles. The monoisotopic (exact) mass is 299 g/mol. The van der Waals surface area contributed by atoms with E-state index in [1.807, 2.05) is 12.1 Å². The standard InChI is InChI=1S/C11H17N5O3S/c1-15-2-4-16(5-3-15)14-11(19)12-6-9-13-8(7-20-9)10(17)18/h7H,2-6H2,1H3,(H,17,18)(H2,12,14,19). The van der Waals surface area contributed by atoms with E-state index in [0.717, 1.165) is 26.2 Å². The van der Waals surface area contributed by atoms with Gasteiger partial charge in [-0.25, -0.2) is 19.6 Å². The number of carbonyl (C=O) groups is 2. The quantitative estimate of drug-likeness (QED) is 0.712. The van der Waals surface area contributed by atoms with Crippen LogP contribution < -0.4 is 10.7 Å². The molecular formula is C11H17N5O3S. The number of amides is 2. The molecule has 2 amide bonds. The maximum Gasteiger partial charge on any atom is 0.355 e. The maximum atomic E-state index is 11.7. The van der Waals surface area contributed by atoms with Gasteiger partial charge in [-0.05, 0) is 7.05 Å². The van der Waals surface area contributed by atoms with Crippen molar-refractivity contribution in [3.05, 3.63) is 16.1 Å². The molecule has 110 valence electrons. The summed E-state index contributed by atoms with van der Waals surface area (Å²) >= 11 is 1.21. The summed E-state index contributed by atoms with van der Waals surface area (Å²) in [7, 11) is 2.04. The number of likely N-dealkylation sites (N-methyl/N-ethyl adjacent to an activating group) is 1. The highest BCUT2D eigenvalue weighted by Crippen LogP contribution is 2.09. The maximum absolute atomic E-state index is 11.7. The van der Waals surface area contributed by atoms with E-state index in [9.17, 15) is 9.59 Å². The Hall–Kier alpha value is -1.71. The van der Waals surface area contributed by atoms with Gasteiger partial charge in [-0.15, -0.1) is 11.3 Å². The van der Waals surface area contributed by atoms with Crippen molar-refractivity contribution in [1.29, 1.82) is 0 Å². The Labute approximate surface area is 120 Å². The van der Waals surface area contributed by atoms with Crippen molar-refractivity contribution in [1.82, 2.24) is 25.6 Å². The van der Waals surface area contributed by atoms with Crippen LogP contribution in [0.1, 0.15) is 15.5 Å². The van der Waals surface area contributed by atoms with E-state index in [2.05, 4.69) is 20.6 Å². The van der Waals surface area contributed by atoms with Crippen molar-refractivity contribution >= 4 is 23.3 Å². The number of carboxylic acids is 1. The van der Waals surface area contributed by atoms with Crippen LogP contribution in [0.5, 0.6) is 0 Å². The number of urea groups is 1. The van der Waals surface area contributed by atoms with E-state index >= 15 is 0 Å². The number of carbonyl (C=O) groups excluding carboxylic acids is 1. The molecule has 0 bridgehead atoms. The minimum atomic E-state index is -1.06. The molecule has 1 aliphatic rings. The summed E-state index contributed by atoms with van der Waals surface area (Å²) in [6.07, 6.45) is 0. The first-order chi connectivity index (χ1) is 9.54. The Bertz CT molecular complexity index is 484. The molecule has 2 rings (SSSR count). The van der Waals surface area contributed by atoms with Crippen molar-refractivity contribution in [2.45, 2.75) is 6.54 Å². The molecule has 9 heteroatoms. The molecule has 2 heterocycles. The molecule has 20 heavy (non-hydrogen) atoms. The van der Waals surface area contributed by atoms with Gasteiger partial charge in [0.2, 0.25) is 0 Å². The molecular weight excluding hydrogens is 282 g/mol. The van der Waals surface area contributed by atoms with Crippen LogP contribution in [0.4, 0.5) is 4.79 Å². The normalized spacial score (nSPS) is 16.9. The Balaban J connectivity index is 1.73. The predicted molar refractivity (Wildman–Crippen MR) is 73.5 cm³/mol. The largest absolute Gasteiger partial charge is 0.476 e. The third-order valence-electron chi connectivity index (χ3n) is 2.93. The van der Waals surface area contributed by atoms with Crippen molar-refractivity contribution in [2.75, 3.05) is 33.2 Å². The molecule has 0 spiro atoms. The molecule has 1 aliphatic heterocycles. The molecule has 0 atom stereocenters. The summed E-state index contributed by atoms with van der Waals surface area (Å²) in [5.74, 6) is -1.06. The smallest absolute Gasteiger partial charge is 0.355 e. The minimum Gasteiger partial charge on any atom is -0.476 e. The first kappa shape index (κ1) is 14.7. The molecule has 0 radical (unpaired) electrons. The molecule has 3 N–H and O–H groups in total. The lowest BCUT2D eigenvalue weighted by molar-refractivity contribution is 0.0691. The number of carboxylic acid groups (broad SMARTS) is 1. The van der Waals surface area contributed by atoms with Crippen molar-refractivity contribution in [2.24, 2.45) is 0 Å². The highest BCUT2D eigenvalue weighted by atomic mass is 32.1. The van der Waals surface area contributed by atoms with Crippen LogP contribution in [-0.2, 0) is 6.54 Å². The zero-order chi connectivity index (χ0) is 14.5. The van der Waals surface area contributed by atoms with Gasteiger partial charge in [0.1, 0.15) is 5.01 Å². The number of aromatic carboxylic acids is 1. The Morgan fingerprint density at radius 1 is 1.40 bits per heavy atom. The average molecular weight is 299 g/mol. The Kier molecular flexibility index (Phi) is 4.88. The molecule has 1 fully saturated rings. The fourth-order valence-electron chi connectivity index (χ4n) is 1.75. The average Bonchev–Trinajstić information content (AvgIpc) is 2.88.